The lowest BCUT2D eigenvalue weighted by Gasteiger charge is -2.41. The third-order valence-electron chi connectivity index (χ3n) is 5.88. The predicted octanol–water partition coefficient (Wildman–Crippen LogP) is 2.74. The summed E-state index contributed by atoms with van der Waals surface area (Å²) >= 11 is 0. The van der Waals surface area contributed by atoms with Crippen molar-refractivity contribution < 1.29 is 9.59 Å². The number of carbonyl (C=O) groups is 2. The van der Waals surface area contributed by atoms with Gasteiger partial charge in [-0.25, -0.2) is 0 Å². The molecule has 2 heterocycles. The molecule has 1 fully saturated rings. The quantitative estimate of drug-likeness (QED) is 0.872. The Morgan fingerprint density at radius 2 is 1.71 bits per heavy atom. The van der Waals surface area contributed by atoms with Crippen LogP contribution in [0.1, 0.15) is 37.0 Å². The minimum Gasteiger partial charge on any atom is -0.342 e. The van der Waals surface area contributed by atoms with E-state index in [1.807, 2.05) is 24.3 Å². The van der Waals surface area contributed by atoms with Crippen molar-refractivity contribution in [2.75, 3.05) is 0 Å². The van der Waals surface area contributed by atoms with Crippen LogP contribution in [0.25, 0.3) is 0 Å². The Hall–Kier alpha value is -2.69. The van der Waals surface area contributed by atoms with Gasteiger partial charge in [0, 0.05) is 18.9 Å². The van der Waals surface area contributed by atoms with Crippen LogP contribution in [0.5, 0.6) is 0 Å². The summed E-state index contributed by atoms with van der Waals surface area (Å²) < 4.78 is 0. The summed E-state index contributed by atoms with van der Waals surface area (Å²) in [4.78, 5) is 32.4. The molecule has 1 aromatic heterocycles. The van der Waals surface area contributed by atoms with E-state index in [4.69, 9.17) is 0 Å². The molecule has 0 spiro atoms. The van der Waals surface area contributed by atoms with Gasteiger partial charge in [-0.3, -0.25) is 14.6 Å². The summed E-state index contributed by atoms with van der Waals surface area (Å²) in [5.41, 5.74) is 3.58. The number of hydrogen-bond donors (Lipinski definition) is 1. The first-order chi connectivity index (χ1) is 13.5. The zero-order valence-electron chi connectivity index (χ0n) is 16.5. The molecule has 2 atom stereocenters. The molecule has 1 aromatic carbocycles. The van der Waals surface area contributed by atoms with Crippen molar-refractivity contribution in [3.05, 3.63) is 65.5 Å². The summed E-state index contributed by atoms with van der Waals surface area (Å²) in [7, 11) is 0. The van der Waals surface area contributed by atoms with Crippen molar-refractivity contribution in [2.24, 2.45) is 11.8 Å². The molecule has 0 saturated carbocycles. The molecule has 4 rings (SSSR count). The minimum absolute atomic E-state index is 0.0247. The maximum absolute atomic E-state index is 13.5. The fourth-order valence-corrected chi connectivity index (χ4v) is 4.49. The second kappa shape index (κ2) is 7.74. The van der Waals surface area contributed by atoms with Gasteiger partial charge >= 0.3 is 0 Å². The van der Waals surface area contributed by atoms with Crippen molar-refractivity contribution in [3.63, 3.8) is 0 Å². The van der Waals surface area contributed by atoms with E-state index < -0.39 is 12.1 Å². The summed E-state index contributed by atoms with van der Waals surface area (Å²) in [6, 6.07) is 11.3. The van der Waals surface area contributed by atoms with Crippen LogP contribution in [0.15, 0.2) is 48.8 Å². The summed E-state index contributed by atoms with van der Waals surface area (Å²) in [6.07, 6.45) is 5.80. The molecule has 5 nitrogen and oxygen atoms in total. The van der Waals surface area contributed by atoms with Gasteiger partial charge in [0.15, 0.2) is 0 Å². The van der Waals surface area contributed by atoms with Crippen LogP contribution >= 0.6 is 0 Å². The summed E-state index contributed by atoms with van der Waals surface area (Å²) in [6.45, 7) is 4.62. The third kappa shape index (κ3) is 3.66. The smallest absolute Gasteiger partial charge is 0.246 e. The van der Waals surface area contributed by atoms with Gasteiger partial charge in [-0.15, -0.1) is 0 Å². The number of aromatic nitrogens is 1. The Balaban J connectivity index is 1.59. The van der Waals surface area contributed by atoms with E-state index in [-0.39, 0.29) is 17.7 Å². The highest BCUT2D eigenvalue weighted by molar-refractivity contribution is 5.97. The molecule has 2 aliphatic rings. The van der Waals surface area contributed by atoms with E-state index in [1.165, 1.54) is 11.1 Å². The largest absolute Gasteiger partial charge is 0.342 e. The first-order valence-electron chi connectivity index (χ1n) is 10.1. The van der Waals surface area contributed by atoms with Crippen LogP contribution in [0.4, 0.5) is 0 Å². The maximum Gasteiger partial charge on any atom is 0.246 e. The summed E-state index contributed by atoms with van der Waals surface area (Å²) in [5, 5.41) is 3.07. The number of benzene rings is 1. The highest BCUT2D eigenvalue weighted by atomic mass is 16.2. The highest BCUT2D eigenvalue weighted by Crippen LogP contribution is 2.32. The highest BCUT2D eigenvalue weighted by Gasteiger charge is 2.44. The van der Waals surface area contributed by atoms with Gasteiger partial charge in [0.25, 0.3) is 0 Å². The monoisotopic (exact) mass is 377 g/mol. The Labute approximate surface area is 166 Å². The van der Waals surface area contributed by atoms with Crippen LogP contribution in [-0.4, -0.2) is 33.8 Å². The van der Waals surface area contributed by atoms with Crippen LogP contribution in [-0.2, 0) is 29.0 Å². The number of carbonyl (C=O) groups excluding carboxylic acids is 2. The van der Waals surface area contributed by atoms with Crippen LogP contribution in [0, 0.1) is 11.8 Å². The third-order valence-corrected chi connectivity index (χ3v) is 5.88. The molecule has 0 radical (unpaired) electrons. The van der Waals surface area contributed by atoms with Gasteiger partial charge in [0.2, 0.25) is 11.8 Å². The molecular formula is C23H27N3O2. The van der Waals surface area contributed by atoms with E-state index in [0.29, 0.717) is 18.9 Å². The Morgan fingerprint density at radius 3 is 2.32 bits per heavy atom. The maximum atomic E-state index is 13.5. The van der Waals surface area contributed by atoms with E-state index in [0.717, 1.165) is 18.4 Å². The van der Waals surface area contributed by atoms with Gasteiger partial charge in [0.05, 0.1) is 0 Å². The minimum atomic E-state index is -0.454. The molecule has 5 heteroatoms. The van der Waals surface area contributed by atoms with E-state index >= 15 is 0 Å². The first kappa shape index (κ1) is 18.7. The molecule has 0 unspecified atom stereocenters. The van der Waals surface area contributed by atoms with Crippen molar-refractivity contribution in [3.8, 4) is 0 Å². The van der Waals surface area contributed by atoms with Gasteiger partial charge in [-0.05, 0) is 59.9 Å². The number of nitrogens with one attached hydrogen (secondary N) is 1. The second-order valence-electron chi connectivity index (χ2n) is 8.39. The van der Waals surface area contributed by atoms with Crippen molar-refractivity contribution in [1.29, 1.82) is 0 Å². The average Bonchev–Trinajstić information content (AvgIpc) is 3.11. The lowest BCUT2D eigenvalue weighted by Crippen LogP contribution is -2.65. The number of fused-ring (bicyclic) bond motifs is 1. The predicted molar refractivity (Wildman–Crippen MR) is 107 cm³/mol. The molecule has 1 aliphatic heterocycles. The van der Waals surface area contributed by atoms with Crippen molar-refractivity contribution >= 4 is 11.8 Å². The molecule has 1 N–H and O–H groups in total. The second-order valence-corrected chi connectivity index (χ2v) is 8.39. The Bertz CT molecular complexity index is 840. The van der Waals surface area contributed by atoms with E-state index in [9.17, 15) is 9.59 Å². The average molecular weight is 377 g/mol. The van der Waals surface area contributed by atoms with E-state index in [2.05, 4.69) is 36.3 Å². The normalized spacial score (nSPS) is 22.5. The molecule has 146 valence electrons. The van der Waals surface area contributed by atoms with Crippen LogP contribution in [0.3, 0.4) is 0 Å². The first-order valence-corrected chi connectivity index (χ1v) is 10.1. The molecular weight excluding hydrogens is 350 g/mol. The molecule has 1 aliphatic carbocycles. The van der Waals surface area contributed by atoms with Crippen molar-refractivity contribution in [2.45, 2.75) is 51.7 Å². The van der Waals surface area contributed by atoms with Gasteiger partial charge in [0.1, 0.15) is 12.1 Å². The number of hydrogen-bond acceptors (Lipinski definition) is 3. The number of rotatable bonds is 5. The van der Waals surface area contributed by atoms with Gasteiger partial charge < -0.3 is 10.2 Å². The Morgan fingerprint density at radius 1 is 1.07 bits per heavy atom. The van der Waals surface area contributed by atoms with E-state index in [1.54, 1.807) is 17.3 Å². The van der Waals surface area contributed by atoms with Crippen LogP contribution in [0.2, 0.25) is 0 Å². The van der Waals surface area contributed by atoms with Crippen LogP contribution < -0.4 is 5.32 Å². The van der Waals surface area contributed by atoms with Gasteiger partial charge in [-0.2, -0.15) is 0 Å². The molecule has 28 heavy (non-hydrogen) atoms. The number of piperazine rings is 1. The molecule has 2 amide bonds. The molecule has 2 aromatic rings. The molecule has 0 bridgehead atoms. The standard InChI is InChI=1S/C23H27N3O2/c1-15(2)11-20-22(27)25-21(19-12-17-5-3-4-6-18(17)13-19)23(28)26(20)14-16-7-9-24-10-8-16/h3-10,15,19-21H,11-14H2,1-2H3,(H,25,27)/t20-,21-/m1/s1. The SMILES string of the molecule is CC(C)C[C@@H]1C(=O)N[C@H](C2Cc3ccccc3C2)C(=O)N1Cc1ccncc1. The topological polar surface area (TPSA) is 62.3 Å². The number of pyridine rings is 1. The number of nitrogens with zero attached hydrogens (tertiary/aromatic N) is 2. The lowest BCUT2D eigenvalue weighted by molar-refractivity contribution is -0.152. The Kier molecular flexibility index (Phi) is 5.16. The van der Waals surface area contributed by atoms with Gasteiger partial charge in [-0.1, -0.05) is 38.1 Å². The number of amides is 2. The zero-order valence-corrected chi connectivity index (χ0v) is 16.5. The lowest BCUT2D eigenvalue weighted by atomic mass is 9.90. The fourth-order valence-electron chi connectivity index (χ4n) is 4.49. The molecule has 1 saturated heterocycles. The van der Waals surface area contributed by atoms with Crippen molar-refractivity contribution in [1.82, 2.24) is 15.2 Å². The zero-order chi connectivity index (χ0) is 19.7. The summed E-state index contributed by atoms with van der Waals surface area (Å²) in [5.74, 6) is 0.466. The fraction of sp³-hybridized carbons (Fsp3) is 0.435.